The molecule has 2 aromatic heterocycles. The molecule has 0 unspecified atom stereocenters. The number of furan rings is 1. The summed E-state index contributed by atoms with van der Waals surface area (Å²) in [6.45, 7) is 2.05. The lowest BCUT2D eigenvalue weighted by molar-refractivity contribution is 0.102. The number of aryl methyl sites for hydroxylation is 1. The second kappa shape index (κ2) is 7.07. The molecule has 0 aliphatic heterocycles. The normalized spacial score (nSPS) is 10.4. The van der Waals surface area contributed by atoms with E-state index in [4.69, 9.17) is 9.15 Å². The van der Waals surface area contributed by atoms with Gasteiger partial charge in [-0.05, 0) is 25.1 Å². The first kappa shape index (κ1) is 16.6. The number of carbonyl (C=O) groups is 1. The Bertz CT molecular complexity index is 933. The summed E-state index contributed by atoms with van der Waals surface area (Å²) < 4.78 is 12.5. The minimum Gasteiger partial charge on any atom is -0.443 e. The second-order valence-corrected chi connectivity index (χ2v) is 5.46. The number of ether oxygens (including phenoxy) is 1. The highest BCUT2D eigenvalue weighted by Crippen LogP contribution is 2.27. The molecule has 0 spiro atoms. The van der Waals surface area contributed by atoms with E-state index < -0.39 is 0 Å². The Kier molecular flexibility index (Phi) is 4.68. The molecule has 1 amide bonds. The largest absolute Gasteiger partial charge is 0.443 e. The van der Waals surface area contributed by atoms with Gasteiger partial charge in [0.15, 0.2) is 0 Å². The van der Waals surface area contributed by atoms with Gasteiger partial charge in [-0.1, -0.05) is 18.2 Å². The summed E-state index contributed by atoms with van der Waals surface area (Å²) in [5.41, 5.74) is 1.93. The predicted octanol–water partition coefficient (Wildman–Crippen LogP) is 3.65. The Morgan fingerprint density at radius 3 is 2.68 bits per heavy atom. The van der Waals surface area contributed by atoms with Crippen molar-refractivity contribution in [1.82, 2.24) is 4.57 Å². The van der Waals surface area contributed by atoms with Crippen molar-refractivity contribution < 1.29 is 13.9 Å². The number of amides is 1. The number of nitrogens with zero attached hydrogens (tertiary/aromatic N) is 2. The quantitative estimate of drug-likeness (QED) is 0.772. The zero-order valence-corrected chi connectivity index (χ0v) is 13.9. The van der Waals surface area contributed by atoms with Crippen LogP contribution in [0, 0.1) is 18.3 Å². The van der Waals surface area contributed by atoms with Crippen LogP contribution in [-0.4, -0.2) is 17.6 Å². The van der Waals surface area contributed by atoms with Crippen LogP contribution in [0.4, 0.5) is 5.69 Å². The van der Waals surface area contributed by atoms with Crippen LogP contribution in [0.3, 0.4) is 0 Å². The van der Waals surface area contributed by atoms with E-state index in [0.29, 0.717) is 23.9 Å². The minimum absolute atomic E-state index is 0.204. The molecular formula is C19H17N3O3. The smallest absolute Gasteiger partial charge is 0.260 e. The summed E-state index contributed by atoms with van der Waals surface area (Å²) in [6.07, 6.45) is 3.52. The van der Waals surface area contributed by atoms with Gasteiger partial charge in [0.1, 0.15) is 23.0 Å². The molecule has 0 aliphatic carbocycles. The van der Waals surface area contributed by atoms with Crippen LogP contribution in [-0.2, 0) is 11.3 Å². The van der Waals surface area contributed by atoms with Gasteiger partial charge in [0.05, 0.1) is 6.61 Å². The molecule has 0 bridgehead atoms. The number of aromatic nitrogens is 1. The van der Waals surface area contributed by atoms with Crippen molar-refractivity contribution in [1.29, 1.82) is 5.26 Å². The van der Waals surface area contributed by atoms with Crippen molar-refractivity contribution in [2.45, 2.75) is 13.5 Å². The number of hydrogen-bond donors (Lipinski definition) is 1. The summed E-state index contributed by atoms with van der Waals surface area (Å²) in [4.78, 5) is 12.8. The average Bonchev–Trinajstić information content (AvgIpc) is 3.23. The van der Waals surface area contributed by atoms with E-state index in [-0.39, 0.29) is 17.0 Å². The summed E-state index contributed by atoms with van der Waals surface area (Å²) in [6, 6.07) is 13.1. The number of anilines is 1. The molecule has 6 heteroatoms. The standard InChI is InChI=1S/C19H17N3O3/c1-13-17(15(11-20)19(25-13)22-9-5-6-10-22)18(23)21-16-8-4-3-7-14(16)12-24-2/h3-10H,12H2,1-2H3,(H,21,23). The lowest BCUT2D eigenvalue weighted by Crippen LogP contribution is -2.15. The van der Waals surface area contributed by atoms with Crippen LogP contribution in [0.5, 0.6) is 0 Å². The third kappa shape index (κ3) is 3.18. The Morgan fingerprint density at radius 2 is 2.00 bits per heavy atom. The highest BCUT2D eigenvalue weighted by atomic mass is 16.5. The fourth-order valence-electron chi connectivity index (χ4n) is 2.67. The number of rotatable bonds is 5. The third-order valence-corrected chi connectivity index (χ3v) is 3.81. The molecule has 0 aliphatic rings. The number of benzene rings is 1. The Labute approximate surface area is 145 Å². The minimum atomic E-state index is -0.389. The molecule has 6 nitrogen and oxygen atoms in total. The van der Waals surface area contributed by atoms with Gasteiger partial charge in [-0.3, -0.25) is 9.36 Å². The van der Waals surface area contributed by atoms with Crippen LogP contribution in [0.2, 0.25) is 0 Å². The molecule has 0 saturated heterocycles. The second-order valence-electron chi connectivity index (χ2n) is 5.46. The van der Waals surface area contributed by atoms with E-state index >= 15 is 0 Å². The van der Waals surface area contributed by atoms with Crippen LogP contribution in [0.15, 0.2) is 53.2 Å². The maximum Gasteiger partial charge on any atom is 0.260 e. The molecule has 25 heavy (non-hydrogen) atoms. The van der Waals surface area contributed by atoms with Crippen LogP contribution < -0.4 is 5.32 Å². The number of nitrogens with one attached hydrogen (secondary N) is 1. The first-order chi connectivity index (χ1) is 12.2. The van der Waals surface area contributed by atoms with Gasteiger partial charge in [0.2, 0.25) is 5.88 Å². The monoisotopic (exact) mass is 335 g/mol. The summed E-state index contributed by atoms with van der Waals surface area (Å²) >= 11 is 0. The Hall–Kier alpha value is -3.30. The number of carbonyl (C=O) groups excluding carboxylic acids is 1. The van der Waals surface area contributed by atoms with Crippen LogP contribution in [0.1, 0.15) is 27.2 Å². The highest BCUT2D eigenvalue weighted by molar-refractivity contribution is 6.07. The van der Waals surface area contributed by atoms with Crippen molar-refractivity contribution in [3.8, 4) is 12.0 Å². The van der Waals surface area contributed by atoms with Gasteiger partial charge in [-0.2, -0.15) is 5.26 Å². The van der Waals surface area contributed by atoms with E-state index in [2.05, 4.69) is 11.4 Å². The zero-order chi connectivity index (χ0) is 17.8. The predicted molar refractivity (Wildman–Crippen MR) is 92.6 cm³/mol. The lowest BCUT2D eigenvalue weighted by atomic mass is 10.1. The number of methoxy groups -OCH3 is 1. The van der Waals surface area contributed by atoms with Crippen LogP contribution in [0.25, 0.3) is 5.88 Å². The first-order valence-electron chi connectivity index (χ1n) is 7.70. The van der Waals surface area contributed by atoms with Crippen molar-refractivity contribution in [3.63, 3.8) is 0 Å². The summed E-state index contributed by atoms with van der Waals surface area (Å²) in [5.74, 6) is 0.335. The van der Waals surface area contributed by atoms with Gasteiger partial charge < -0.3 is 14.5 Å². The van der Waals surface area contributed by atoms with E-state index in [0.717, 1.165) is 5.56 Å². The molecule has 0 saturated carbocycles. The van der Waals surface area contributed by atoms with E-state index in [1.165, 1.54) is 0 Å². The van der Waals surface area contributed by atoms with E-state index in [1.807, 2.05) is 30.3 Å². The fraction of sp³-hybridized carbons (Fsp3) is 0.158. The third-order valence-electron chi connectivity index (χ3n) is 3.81. The van der Waals surface area contributed by atoms with E-state index in [9.17, 15) is 10.1 Å². The molecule has 126 valence electrons. The van der Waals surface area contributed by atoms with Crippen molar-refractivity contribution in [2.24, 2.45) is 0 Å². The maximum atomic E-state index is 12.8. The molecule has 0 radical (unpaired) electrons. The summed E-state index contributed by atoms with van der Waals surface area (Å²) in [7, 11) is 1.59. The lowest BCUT2D eigenvalue weighted by Gasteiger charge is -2.10. The number of hydrogen-bond acceptors (Lipinski definition) is 4. The fourth-order valence-corrected chi connectivity index (χ4v) is 2.67. The molecule has 3 aromatic rings. The van der Waals surface area contributed by atoms with Crippen molar-refractivity contribution >= 4 is 11.6 Å². The number of nitriles is 1. The first-order valence-corrected chi connectivity index (χ1v) is 7.70. The molecule has 0 atom stereocenters. The molecule has 1 N–H and O–H groups in total. The maximum absolute atomic E-state index is 12.8. The topological polar surface area (TPSA) is 80.2 Å². The molecule has 2 heterocycles. The van der Waals surface area contributed by atoms with Gasteiger partial charge in [-0.15, -0.1) is 0 Å². The zero-order valence-electron chi connectivity index (χ0n) is 13.9. The Balaban J connectivity index is 1.98. The summed E-state index contributed by atoms with van der Waals surface area (Å²) in [5, 5.41) is 12.4. The van der Waals surface area contributed by atoms with Crippen molar-refractivity contribution in [2.75, 3.05) is 12.4 Å². The van der Waals surface area contributed by atoms with E-state index in [1.54, 1.807) is 37.1 Å². The van der Waals surface area contributed by atoms with Gasteiger partial charge in [0, 0.05) is 30.8 Å². The van der Waals surface area contributed by atoms with Gasteiger partial charge >= 0.3 is 0 Å². The molecule has 3 rings (SSSR count). The average molecular weight is 335 g/mol. The number of para-hydroxylation sites is 1. The molecule has 0 fully saturated rings. The Morgan fingerprint density at radius 1 is 1.28 bits per heavy atom. The van der Waals surface area contributed by atoms with Crippen LogP contribution >= 0.6 is 0 Å². The molecular weight excluding hydrogens is 318 g/mol. The van der Waals surface area contributed by atoms with Gasteiger partial charge in [0.25, 0.3) is 5.91 Å². The highest BCUT2D eigenvalue weighted by Gasteiger charge is 2.25. The molecule has 1 aromatic carbocycles. The SMILES string of the molecule is COCc1ccccc1NC(=O)c1c(C)oc(-n2cccc2)c1C#N. The van der Waals surface area contributed by atoms with Gasteiger partial charge in [-0.25, -0.2) is 0 Å². The van der Waals surface area contributed by atoms with Crippen molar-refractivity contribution in [3.05, 3.63) is 71.2 Å².